The van der Waals surface area contributed by atoms with Crippen LogP contribution in [0.1, 0.15) is 5.69 Å². The fourth-order valence-corrected chi connectivity index (χ4v) is 1.66. The molecule has 0 aliphatic heterocycles. The minimum Gasteiger partial charge on any atom is -0.377 e. The number of aromatic nitrogens is 4. The first-order valence-electron chi connectivity index (χ1n) is 4.16. The minimum absolute atomic E-state index is 0.719. The molecule has 6 heteroatoms. The maximum absolute atomic E-state index is 4.12. The van der Waals surface area contributed by atoms with Crippen LogP contribution in [-0.2, 0) is 13.6 Å². The number of aromatic amines is 1. The molecule has 2 aromatic rings. The molecule has 0 aromatic carbocycles. The van der Waals surface area contributed by atoms with Crippen LogP contribution in [0.4, 0.5) is 5.69 Å². The summed E-state index contributed by atoms with van der Waals surface area (Å²) < 4.78 is 2.84. The third-order valence-electron chi connectivity index (χ3n) is 1.97. The zero-order valence-corrected chi connectivity index (χ0v) is 9.24. The van der Waals surface area contributed by atoms with Crippen molar-refractivity contribution in [1.29, 1.82) is 0 Å². The van der Waals surface area contributed by atoms with Gasteiger partial charge in [-0.2, -0.15) is 10.2 Å². The molecule has 0 fully saturated rings. The fraction of sp³-hybridized carbons (Fsp3) is 0.250. The third-order valence-corrected chi connectivity index (χ3v) is 2.63. The SMILES string of the molecule is Cn1ncc(Br)c1CNc1cn[nH]c1. The molecule has 0 aliphatic carbocycles. The Labute approximate surface area is 89.6 Å². The molecule has 0 bridgehead atoms. The van der Waals surface area contributed by atoms with Crippen molar-refractivity contribution < 1.29 is 0 Å². The summed E-state index contributed by atoms with van der Waals surface area (Å²) in [5.74, 6) is 0. The van der Waals surface area contributed by atoms with Gasteiger partial charge in [0.05, 0.1) is 34.8 Å². The second-order valence-corrected chi connectivity index (χ2v) is 3.76. The van der Waals surface area contributed by atoms with E-state index in [1.165, 1.54) is 0 Å². The zero-order valence-electron chi connectivity index (χ0n) is 7.66. The molecule has 0 radical (unpaired) electrons. The molecule has 74 valence electrons. The van der Waals surface area contributed by atoms with Crippen molar-refractivity contribution in [2.24, 2.45) is 7.05 Å². The predicted octanol–water partition coefficient (Wildman–Crippen LogP) is 1.52. The molecular formula is C8H10BrN5. The van der Waals surface area contributed by atoms with Crippen LogP contribution >= 0.6 is 15.9 Å². The first-order chi connectivity index (χ1) is 6.77. The molecule has 2 N–H and O–H groups in total. The Hall–Kier alpha value is -1.30. The summed E-state index contributed by atoms with van der Waals surface area (Å²) in [6.07, 6.45) is 5.33. The molecule has 0 atom stereocenters. The Morgan fingerprint density at radius 3 is 3.00 bits per heavy atom. The van der Waals surface area contributed by atoms with E-state index < -0.39 is 0 Å². The lowest BCUT2D eigenvalue weighted by molar-refractivity contribution is 0.719. The Morgan fingerprint density at radius 1 is 1.57 bits per heavy atom. The molecule has 0 spiro atoms. The number of nitrogens with zero attached hydrogens (tertiary/aromatic N) is 3. The van der Waals surface area contributed by atoms with Gasteiger partial charge in [-0.05, 0) is 15.9 Å². The smallest absolute Gasteiger partial charge is 0.0726 e. The van der Waals surface area contributed by atoms with Crippen molar-refractivity contribution in [3.8, 4) is 0 Å². The summed E-state index contributed by atoms with van der Waals surface area (Å²) in [6, 6.07) is 0. The Kier molecular flexibility index (Phi) is 2.53. The van der Waals surface area contributed by atoms with Gasteiger partial charge in [-0.3, -0.25) is 9.78 Å². The van der Waals surface area contributed by atoms with E-state index in [1.54, 1.807) is 12.4 Å². The van der Waals surface area contributed by atoms with Crippen molar-refractivity contribution in [1.82, 2.24) is 20.0 Å². The second kappa shape index (κ2) is 3.83. The van der Waals surface area contributed by atoms with E-state index in [0.717, 1.165) is 22.4 Å². The summed E-state index contributed by atoms with van der Waals surface area (Å²) in [7, 11) is 1.91. The van der Waals surface area contributed by atoms with Crippen molar-refractivity contribution in [3.05, 3.63) is 28.8 Å². The molecule has 2 heterocycles. The van der Waals surface area contributed by atoms with Crippen LogP contribution < -0.4 is 5.32 Å². The molecule has 2 aromatic heterocycles. The number of hydrogen-bond acceptors (Lipinski definition) is 3. The van der Waals surface area contributed by atoms with Gasteiger partial charge in [0.15, 0.2) is 0 Å². The molecule has 0 saturated heterocycles. The standard InChI is InChI=1S/C8H10BrN5/c1-14-8(7(9)4-13-14)5-10-6-2-11-12-3-6/h2-4,10H,5H2,1H3,(H,11,12). The average molecular weight is 256 g/mol. The summed E-state index contributed by atoms with van der Waals surface area (Å²) in [4.78, 5) is 0. The molecule has 0 amide bonds. The van der Waals surface area contributed by atoms with Crippen LogP contribution in [0.15, 0.2) is 23.1 Å². The summed E-state index contributed by atoms with van der Waals surface area (Å²) >= 11 is 3.43. The topological polar surface area (TPSA) is 58.5 Å². The van der Waals surface area contributed by atoms with E-state index in [-0.39, 0.29) is 0 Å². The maximum atomic E-state index is 4.12. The van der Waals surface area contributed by atoms with Crippen LogP contribution in [-0.4, -0.2) is 20.0 Å². The first kappa shape index (κ1) is 9.26. The highest BCUT2D eigenvalue weighted by Crippen LogP contribution is 2.16. The number of halogens is 1. The van der Waals surface area contributed by atoms with Crippen LogP contribution in [0.2, 0.25) is 0 Å². The number of nitrogens with one attached hydrogen (secondary N) is 2. The van der Waals surface area contributed by atoms with Crippen LogP contribution in [0.25, 0.3) is 0 Å². The van der Waals surface area contributed by atoms with Crippen molar-refractivity contribution in [3.63, 3.8) is 0 Å². The average Bonchev–Trinajstić information content (AvgIpc) is 2.76. The molecule has 2 rings (SSSR count). The molecular weight excluding hydrogens is 246 g/mol. The van der Waals surface area contributed by atoms with E-state index >= 15 is 0 Å². The summed E-state index contributed by atoms with van der Waals surface area (Å²) in [5.41, 5.74) is 2.07. The minimum atomic E-state index is 0.719. The van der Waals surface area contributed by atoms with Gasteiger partial charge >= 0.3 is 0 Å². The highest BCUT2D eigenvalue weighted by atomic mass is 79.9. The van der Waals surface area contributed by atoms with Crippen LogP contribution in [0.5, 0.6) is 0 Å². The second-order valence-electron chi connectivity index (χ2n) is 2.90. The monoisotopic (exact) mass is 255 g/mol. The Morgan fingerprint density at radius 2 is 2.43 bits per heavy atom. The number of hydrogen-bond donors (Lipinski definition) is 2. The number of anilines is 1. The van der Waals surface area contributed by atoms with Crippen LogP contribution in [0, 0.1) is 0 Å². The molecule has 14 heavy (non-hydrogen) atoms. The lowest BCUT2D eigenvalue weighted by atomic mass is 10.4. The van der Waals surface area contributed by atoms with Gasteiger partial charge in [0.1, 0.15) is 0 Å². The normalized spacial score (nSPS) is 10.4. The van der Waals surface area contributed by atoms with E-state index in [2.05, 4.69) is 36.5 Å². The molecule has 5 nitrogen and oxygen atoms in total. The molecule has 0 aliphatic rings. The van der Waals surface area contributed by atoms with Gasteiger partial charge in [-0.25, -0.2) is 0 Å². The predicted molar refractivity (Wildman–Crippen MR) is 56.8 cm³/mol. The van der Waals surface area contributed by atoms with E-state index in [9.17, 15) is 0 Å². The summed E-state index contributed by atoms with van der Waals surface area (Å²) in [5, 5.41) is 13.9. The molecule has 0 saturated carbocycles. The van der Waals surface area contributed by atoms with Crippen molar-refractivity contribution in [2.45, 2.75) is 6.54 Å². The van der Waals surface area contributed by atoms with Gasteiger partial charge < -0.3 is 5.32 Å². The Balaban J connectivity index is 2.05. The van der Waals surface area contributed by atoms with Gasteiger partial charge in [0.25, 0.3) is 0 Å². The number of rotatable bonds is 3. The molecule has 0 unspecified atom stereocenters. The fourth-order valence-electron chi connectivity index (χ4n) is 1.17. The van der Waals surface area contributed by atoms with Gasteiger partial charge in [0, 0.05) is 13.2 Å². The van der Waals surface area contributed by atoms with Crippen LogP contribution in [0.3, 0.4) is 0 Å². The highest BCUT2D eigenvalue weighted by Gasteiger charge is 2.05. The van der Waals surface area contributed by atoms with E-state index in [1.807, 2.05) is 17.9 Å². The van der Waals surface area contributed by atoms with Gasteiger partial charge in [-0.15, -0.1) is 0 Å². The number of aryl methyl sites for hydroxylation is 1. The third kappa shape index (κ3) is 1.79. The Bertz CT molecular complexity index is 386. The van der Waals surface area contributed by atoms with Gasteiger partial charge in [-0.1, -0.05) is 0 Å². The highest BCUT2D eigenvalue weighted by molar-refractivity contribution is 9.10. The van der Waals surface area contributed by atoms with Gasteiger partial charge in [0.2, 0.25) is 0 Å². The number of H-pyrrole nitrogens is 1. The quantitative estimate of drug-likeness (QED) is 0.875. The zero-order chi connectivity index (χ0) is 9.97. The van der Waals surface area contributed by atoms with E-state index in [0.29, 0.717) is 0 Å². The lowest BCUT2D eigenvalue weighted by Crippen LogP contribution is -2.05. The van der Waals surface area contributed by atoms with E-state index in [4.69, 9.17) is 0 Å². The van der Waals surface area contributed by atoms with Crippen molar-refractivity contribution >= 4 is 21.6 Å². The maximum Gasteiger partial charge on any atom is 0.0726 e. The van der Waals surface area contributed by atoms with Crippen molar-refractivity contribution in [2.75, 3.05) is 5.32 Å². The largest absolute Gasteiger partial charge is 0.377 e. The first-order valence-corrected chi connectivity index (χ1v) is 4.95. The lowest BCUT2D eigenvalue weighted by Gasteiger charge is -2.04. The summed E-state index contributed by atoms with van der Waals surface area (Å²) in [6.45, 7) is 0.719.